The van der Waals surface area contributed by atoms with E-state index in [9.17, 15) is 14.9 Å². The highest BCUT2D eigenvalue weighted by Crippen LogP contribution is 2.30. The Morgan fingerprint density at radius 1 is 1.50 bits per heavy atom. The summed E-state index contributed by atoms with van der Waals surface area (Å²) in [6.45, 7) is 5.14. The first kappa shape index (κ1) is 14.5. The second-order valence-corrected chi connectivity index (χ2v) is 4.96. The van der Waals surface area contributed by atoms with Gasteiger partial charge in [-0.1, -0.05) is 13.0 Å². The predicted molar refractivity (Wildman–Crippen MR) is 76.9 cm³/mol. The molecule has 1 aliphatic heterocycles. The van der Waals surface area contributed by atoms with Crippen molar-refractivity contribution in [3.8, 4) is 0 Å². The molecule has 0 radical (unpaired) electrons. The zero-order chi connectivity index (χ0) is 14.7. The molecule has 1 heterocycles. The molecule has 0 aliphatic carbocycles. The molecule has 0 bridgehead atoms. The van der Waals surface area contributed by atoms with Crippen LogP contribution in [-0.2, 0) is 4.79 Å². The van der Waals surface area contributed by atoms with Gasteiger partial charge in [0.2, 0.25) is 5.91 Å². The van der Waals surface area contributed by atoms with E-state index in [2.05, 4.69) is 12.2 Å². The third kappa shape index (κ3) is 2.65. The summed E-state index contributed by atoms with van der Waals surface area (Å²) >= 11 is 0. The Kier molecular flexibility index (Phi) is 4.34. The lowest BCUT2D eigenvalue weighted by molar-refractivity contribution is -0.385. The van der Waals surface area contributed by atoms with Crippen LogP contribution in [0.4, 0.5) is 11.4 Å². The van der Waals surface area contributed by atoms with Gasteiger partial charge in [-0.15, -0.1) is 0 Å². The van der Waals surface area contributed by atoms with Crippen molar-refractivity contribution in [2.75, 3.05) is 18.0 Å². The second kappa shape index (κ2) is 6.00. The number of hydrogen-bond donors (Lipinski definition) is 1. The second-order valence-electron chi connectivity index (χ2n) is 4.96. The molecule has 0 saturated carbocycles. The van der Waals surface area contributed by atoms with Crippen molar-refractivity contribution < 1.29 is 9.72 Å². The van der Waals surface area contributed by atoms with Crippen LogP contribution >= 0.6 is 0 Å². The van der Waals surface area contributed by atoms with Crippen LogP contribution in [0.15, 0.2) is 18.2 Å². The highest BCUT2D eigenvalue weighted by molar-refractivity contribution is 6.00. The number of rotatable bonds is 5. The Morgan fingerprint density at radius 2 is 2.25 bits per heavy atom. The number of hydrogen-bond acceptors (Lipinski definition) is 4. The molecule has 0 spiro atoms. The van der Waals surface area contributed by atoms with E-state index in [1.54, 1.807) is 24.0 Å². The first-order chi connectivity index (χ1) is 9.56. The minimum Gasteiger partial charge on any atom is -0.310 e. The van der Waals surface area contributed by atoms with Gasteiger partial charge < -0.3 is 10.2 Å². The molecule has 6 heteroatoms. The standard InChI is InChI=1S/C14H19N3O3/c1-3-8-15-11-7-9-16(14(11)18)12-5-4-6-13(10(12)2)17(19)20/h4-6,11,15H,3,7-9H2,1-2H3. The zero-order valence-corrected chi connectivity index (χ0v) is 11.8. The fourth-order valence-corrected chi connectivity index (χ4v) is 2.53. The van der Waals surface area contributed by atoms with Crippen molar-refractivity contribution in [3.05, 3.63) is 33.9 Å². The summed E-state index contributed by atoms with van der Waals surface area (Å²) in [6.07, 6.45) is 1.71. The Labute approximate surface area is 117 Å². The number of nitrogens with one attached hydrogen (secondary N) is 1. The number of anilines is 1. The molecule has 108 valence electrons. The van der Waals surface area contributed by atoms with E-state index < -0.39 is 4.92 Å². The molecule has 1 saturated heterocycles. The van der Waals surface area contributed by atoms with Crippen LogP contribution in [0.3, 0.4) is 0 Å². The third-order valence-electron chi connectivity index (χ3n) is 3.61. The maximum atomic E-state index is 12.3. The number of nitro groups is 1. The van der Waals surface area contributed by atoms with Gasteiger partial charge in [0.05, 0.1) is 22.2 Å². The van der Waals surface area contributed by atoms with Crippen LogP contribution in [0.1, 0.15) is 25.3 Å². The predicted octanol–water partition coefficient (Wildman–Crippen LogP) is 2.01. The Bertz CT molecular complexity index is 530. The summed E-state index contributed by atoms with van der Waals surface area (Å²) in [6, 6.07) is 4.68. The van der Waals surface area contributed by atoms with Crippen molar-refractivity contribution in [2.45, 2.75) is 32.7 Å². The summed E-state index contributed by atoms with van der Waals surface area (Å²) in [4.78, 5) is 24.5. The summed E-state index contributed by atoms with van der Waals surface area (Å²) in [5.41, 5.74) is 1.24. The van der Waals surface area contributed by atoms with Gasteiger partial charge in [0.15, 0.2) is 0 Å². The van der Waals surface area contributed by atoms with Crippen molar-refractivity contribution >= 4 is 17.3 Å². The van der Waals surface area contributed by atoms with Crippen LogP contribution in [0.2, 0.25) is 0 Å². The zero-order valence-electron chi connectivity index (χ0n) is 11.8. The SMILES string of the molecule is CCCNC1CCN(c2cccc([N+](=O)[O-])c2C)C1=O. The highest BCUT2D eigenvalue weighted by Gasteiger charge is 2.33. The van der Waals surface area contributed by atoms with Crippen molar-refractivity contribution in [1.29, 1.82) is 0 Å². The molecule has 1 amide bonds. The smallest absolute Gasteiger partial charge is 0.274 e. The average molecular weight is 277 g/mol. The Hall–Kier alpha value is -1.95. The summed E-state index contributed by atoms with van der Waals surface area (Å²) in [5.74, 6) is 0.00190. The molecule has 1 atom stereocenters. The number of nitrogens with zero attached hydrogens (tertiary/aromatic N) is 2. The normalized spacial score (nSPS) is 18.6. The van der Waals surface area contributed by atoms with Crippen molar-refractivity contribution in [1.82, 2.24) is 5.32 Å². The maximum absolute atomic E-state index is 12.3. The number of carbonyl (C=O) groups excluding carboxylic acids is 1. The third-order valence-corrected chi connectivity index (χ3v) is 3.61. The number of nitro benzene ring substituents is 1. The fraction of sp³-hybridized carbons (Fsp3) is 0.500. The molecule has 20 heavy (non-hydrogen) atoms. The van der Waals surface area contributed by atoms with Crippen LogP contribution < -0.4 is 10.2 Å². The summed E-state index contributed by atoms with van der Waals surface area (Å²) < 4.78 is 0. The minimum absolute atomic E-state index is 0.00190. The van der Waals surface area contributed by atoms with Gasteiger partial charge in [-0.05, 0) is 32.4 Å². The fourth-order valence-electron chi connectivity index (χ4n) is 2.53. The van der Waals surface area contributed by atoms with Crippen LogP contribution in [0, 0.1) is 17.0 Å². The largest absolute Gasteiger partial charge is 0.310 e. The number of benzene rings is 1. The van der Waals surface area contributed by atoms with Crippen LogP contribution in [0.5, 0.6) is 0 Å². The van der Waals surface area contributed by atoms with E-state index in [1.807, 2.05) is 0 Å². The molecule has 1 N–H and O–H groups in total. The van der Waals surface area contributed by atoms with E-state index in [0.717, 1.165) is 19.4 Å². The van der Waals surface area contributed by atoms with Crippen LogP contribution in [0.25, 0.3) is 0 Å². The lowest BCUT2D eigenvalue weighted by Crippen LogP contribution is -2.38. The lowest BCUT2D eigenvalue weighted by Gasteiger charge is -2.19. The number of amides is 1. The Balaban J connectivity index is 2.23. The van der Waals surface area contributed by atoms with Gasteiger partial charge in [-0.25, -0.2) is 0 Å². The quantitative estimate of drug-likeness (QED) is 0.660. The molecule has 0 aromatic heterocycles. The van der Waals surface area contributed by atoms with Gasteiger partial charge in [-0.2, -0.15) is 0 Å². The number of carbonyl (C=O) groups is 1. The van der Waals surface area contributed by atoms with Gasteiger partial charge in [-0.3, -0.25) is 14.9 Å². The first-order valence-corrected chi connectivity index (χ1v) is 6.85. The monoisotopic (exact) mass is 277 g/mol. The molecule has 1 aromatic rings. The van der Waals surface area contributed by atoms with E-state index >= 15 is 0 Å². The molecule has 1 aromatic carbocycles. The minimum atomic E-state index is -0.411. The molecular formula is C14H19N3O3. The van der Waals surface area contributed by atoms with E-state index in [1.165, 1.54) is 6.07 Å². The van der Waals surface area contributed by atoms with Gasteiger partial charge in [0, 0.05) is 12.6 Å². The highest BCUT2D eigenvalue weighted by atomic mass is 16.6. The van der Waals surface area contributed by atoms with E-state index in [-0.39, 0.29) is 17.6 Å². The van der Waals surface area contributed by atoms with Crippen molar-refractivity contribution in [2.24, 2.45) is 0 Å². The molecule has 6 nitrogen and oxygen atoms in total. The van der Waals surface area contributed by atoms with E-state index in [0.29, 0.717) is 17.8 Å². The lowest BCUT2D eigenvalue weighted by atomic mass is 10.1. The van der Waals surface area contributed by atoms with E-state index in [4.69, 9.17) is 0 Å². The van der Waals surface area contributed by atoms with Gasteiger partial charge in [0.25, 0.3) is 5.69 Å². The average Bonchev–Trinajstić information content (AvgIpc) is 2.77. The topological polar surface area (TPSA) is 75.5 Å². The molecule has 2 rings (SSSR count). The first-order valence-electron chi connectivity index (χ1n) is 6.85. The molecule has 1 unspecified atom stereocenters. The summed E-state index contributed by atoms with van der Waals surface area (Å²) in [5, 5.41) is 14.2. The van der Waals surface area contributed by atoms with Crippen LogP contribution in [-0.4, -0.2) is 30.0 Å². The Morgan fingerprint density at radius 3 is 2.90 bits per heavy atom. The van der Waals surface area contributed by atoms with Gasteiger partial charge >= 0.3 is 0 Å². The molecule has 1 aliphatic rings. The molecular weight excluding hydrogens is 258 g/mol. The molecule has 1 fully saturated rings. The maximum Gasteiger partial charge on any atom is 0.274 e. The van der Waals surface area contributed by atoms with Gasteiger partial charge in [0.1, 0.15) is 0 Å². The van der Waals surface area contributed by atoms with Crippen molar-refractivity contribution in [3.63, 3.8) is 0 Å². The summed E-state index contributed by atoms with van der Waals surface area (Å²) in [7, 11) is 0.